The zero-order chi connectivity index (χ0) is 16.7. The molecule has 23 heavy (non-hydrogen) atoms. The third-order valence-corrected chi connectivity index (χ3v) is 3.98. The van der Waals surface area contributed by atoms with Crippen LogP contribution in [0.4, 0.5) is 5.69 Å². The van der Waals surface area contributed by atoms with E-state index in [2.05, 4.69) is 40.1 Å². The largest absolute Gasteiger partial charge is 0.484 e. The van der Waals surface area contributed by atoms with Crippen molar-refractivity contribution in [3.63, 3.8) is 0 Å². The molecule has 0 fully saturated rings. The van der Waals surface area contributed by atoms with Crippen LogP contribution in [0.5, 0.6) is 5.75 Å². The maximum Gasteiger partial charge on any atom is 0.264 e. The monoisotopic (exact) mass is 440 g/mol. The van der Waals surface area contributed by atoms with Gasteiger partial charge in [-0.05, 0) is 83.2 Å². The molecule has 2 rings (SSSR count). The van der Waals surface area contributed by atoms with Crippen molar-refractivity contribution < 1.29 is 9.53 Å². The maximum atomic E-state index is 11.8. The number of benzene rings is 2. The van der Waals surface area contributed by atoms with Gasteiger partial charge in [-0.2, -0.15) is 0 Å². The molecule has 0 aliphatic rings. The Hall–Kier alpha value is -1.67. The molecule has 0 spiro atoms. The summed E-state index contributed by atoms with van der Waals surface area (Å²) in [5.41, 5.74) is 2.05. The zero-order valence-corrected chi connectivity index (χ0v) is 15.6. The number of thiocarbonyl (C=S) groups is 1. The first-order chi connectivity index (χ1) is 11.1. The van der Waals surface area contributed by atoms with Crippen molar-refractivity contribution in [2.75, 3.05) is 11.9 Å². The smallest absolute Gasteiger partial charge is 0.264 e. The number of hydrogen-bond acceptors (Lipinski definition) is 3. The fourth-order valence-electron chi connectivity index (χ4n) is 1.83. The number of halogens is 1. The van der Waals surface area contributed by atoms with Crippen LogP contribution in [-0.2, 0) is 11.2 Å². The van der Waals surface area contributed by atoms with E-state index in [1.165, 1.54) is 5.56 Å². The van der Waals surface area contributed by atoms with Crippen LogP contribution >= 0.6 is 34.8 Å². The van der Waals surface area contributed by atoms with Crippen LogP contribution < -0.4 is 15.4 Å². The summed E-state index contributed by atoms with van der Waals surface area (Å²) in [5, 5.41) is 5.80. The van der Waals surface area contributed by atoms with E-state index in [0.29, 0.717) is 5.75 Å². The summed E-state index contributed by atoms with van der Waals surface area (Å²) in [4.78, 5) is 11.8. The molecule has 0 aromatic heterocycles. The maximum absolute atomic E-state index is 11.8. The summed E-state index contributed by atoms with van der Waals surface area (Å²) >= 11 is 7.33. The van der Waals surface area contributed by atoms with Gasteiger partial charge in [-0.3, -0.25) is 10.1 Å². The average molecular weight is 440 g/mol. The van der Waals surface area contributed by atoms with Gasteiger partial charge >= 0.3 is 0 Å². The Balaban J connectivity index is 1.77. The van der Waals surface area contributed by atoms with Crippen LogP contribution in [0.1, 0.15) is 12.5 Å². The summed E-state index contributed by atoms with van der Waals surface area (Å²) in [7, 11) is 0. The van der Waals surface area contributed by atoms with Gasteiger partial charge in [0.1, 0.15) is 5.75 Å². The lowest BCUT2D eigenvalue weighted by Crippen LogP contribution is -2.37. The van der Waals surface area contributed by atoms with Gasteiger partial charge in [-0.25, -0.2) is 0 Å². The molecule has 4 nitrogen and oxygen atoms in total. The third-order valence-electron chi connectivity index (χ3n) is 3.06. The fourth-order valence-corrected chi connectivity index (χ4v) is 2.42. The molecule has 0 atom stereocenters. The second kappa shape index (κ2) is 8.83. The second-order valence-corrected chi connectivity index (χ2v) is 6.45. The molecule has 0 aliphatic carbocycles. The molecular weight excluding hydrogens is 423 g/mol. The Bertz CT molecular complexity index is 672. The second-order valence-electron chi connectivity index (χ2n) is 4.80. The van der Waals surface area contributed by atoms with E-state index in [0.717, 1.165) is 15.7 Å². The zero-order valence-electron chi connectivity index (χ0n) is 12.6. The minimum absolute atomic E-state index is 0.0834. The van der Waals surface area contributed by atoms with Gasteiger partial charge in [0.25, 0.3) is 5.91 Å². The number of aryl methyl sites for hydroxylation is 1. The van der Waals surface area contributed by atoms with Crippen molar-refractivity contribution in [2.45, 2.75) is 13.3 Å². The quantitative estimate of drug-likeness (QED) is 0.550. The third kappa shape index (κ3) is 6.15. The molecule has 6 heteroatoms. The molecule has 0 saturated carbocycles. The van der Waals surface area contributed by atoms with Crippen molar-refractivity contribution in [3.8, 4) is 5.75 Å². The standard InChI is InChI=1S/C17H17IN2O2S/c1-2-12-3-9-15(10-4-12)22-11-16(21)20-17(23)19-14-7-5-13(18)6-8-14/h3-10H,2,11H2,1H3,(H2,19,20,21,23). The summed E-state index contributed by atoms with van der Waals surface area (Å²) in [6.45, 7) is 2.00. The van der Waals surface area contributed by atoms with E-state index >= 15 is 0 Å². The van der Waals surface area contributed by atoms with Crippen molar-refractivity contribution in [3.05, 3.63) is 57.7 Å². The number of amides is 1. The van der Waals surface area contributed by atoms with Crippen LogP contribution in [-0.4, -0.2) is 17.6 Å². The van der Waals surface area contributed by atoms with Crippen LogP contribution in [0.15, 0.2) is 48.5 Å². The Morgan fingerprint density at radius 1 is 1.13 bits per heavy atom. The van der Waals surface area contributed by atoms with E-state index in [4.69, 9.17) is 17.0 Å². The highest BCUT2D eigenvalue weighted by Gasteiger charge is 2.06. The summed E-state index contributed by atoms with van der Waals surface area (Å²) in [5.74, 6) is 0.362. The lowest BCUT2D eigenvalue weighted by molar-refractivity contribution is -0.121. The van der Waals surface area contributed by atoms with E-state index in [1.54, 1.807) is 0 Å². The normalized spacial score (nSPS) is 10.0. The molecule has 2 N–H and O–H groups in total. The van der Waals surface area contributed by atoms with Crippen LogP contribution in [0, 0.1) is 3.57 Å². The van der Waals surface area contributed by atoms with E-state index in [-0.39, 0.29) is 17.6 Å². The molecule has 1 amide bonds. The van der Waals surface area contributed by atoms with E-state index in [1.807, 2.05) is 48.5 Å². The molecule has 0 heterocycles. The predicted octanol–water partition coefficient (Wildman–Crippen LogP) is 3.75. The van der Waals surface area contributed by atoms with Gasteiger partial charge in [0.05, 0.1) is 0 Å². The molecule has 0 bridgehead atoms. The minimum atomic E-state index is -0.299. The first kappa shape index (κ1) is 17.7. The fraction of sp³-hybridized carbons (Fsp3) is 0.176. The molecule has 2 aromatic carbocycles. The SMILES string of the molecule is CCc1ccc(OCC(=O)NC(=S)Nc2ccc(I)cc2)cc1. The highest BCUT2D eigenvalue weighted by molar-refractivity contribution is 14.1. The van der Waals surface area contributed by atoms with Gasteiger partial charge < -0.3 is 10.1 Å². The number of nitrogens with one attached hydrogen (secondary N) is 2. The highest BCUT2D eigenvalue weighted by atomic mass is 127. The Labute approximate surface area is 154 Å². The summed E-state index contributed by atoms with van der Waals surface area (Å²) in [6, 6.07) is 15.4. The van der Waals surface area contributed by atoms with Crippen molar-refractivity contribution in [1.82, 2.24) is 5.32 Å². The van der Waals surface area contributed by atoms with Crippen LogP contribution in [0.25, 0.3) is 0 Å². The van der Waals surface area contributed by atoms with Gasteiger partial charge in [0.15, 0.2) is 11.7 Å². The average Bonchev–Trinajstić information content (AvgIpc) is 2.55. The van der Waals surface area contributed by atoms with Crippen molar-refractivity contribution in [2.24, 2.45) is 0 Å². The van der Waals surface area contributed by atoms with Crippen LogP contribution in [0.3, 0.4) is 0 Å². The molecule has 120 valence electrons. The highest BCUT2D eigenvalue weighted by Crippen LogP contribution is 2.12. The number of anilines is 1. The molecule has 0 unspecified atom stereocenters. The summed E-state index contributed by atoms with van der Waals surface area (Å²) < 4.78 is 6.56. The lowest BCUT2D eigenvalue weighted by Gasteiger charge is -2.10. The van der Waals surface area contributed by atoms with Crippen molar-refractivity contribution >= 4 is 51.5 Å². The van der Waals surface area contributed by atoms with Crippen molar-refractivity contribution in [1.29, 1.82) is 0 Å². The number of carbonyl (C=O) groups excluding carboxylic acids is 1. The number of carbonyl (C=O) groups is 1. The van der Waals surface area contributed by atoms with E-state index < -0.39 is 0 Å². The number of hydrogen-bond donors (Lipinski definition) is 2. The Morgan fingerprint density at radius 3 is 2.39 bits per heavy atom. The Morgan fingerprint density at radius 2 is 1.78 bits per heavy atom. The van der Waals surface area contributed by atoms with E-state index in [9.17, 15) is 4.79 Å². The molecule has 0 aliphatic heterocycles. The van der Waals surface area contributed by atoms with Gasteiger partial charge in [-0.15, -0.1) is 0 Å². The first-order valence-corrected chi connectivity index (χ1v) is 8.63. The van der Waals surface area contributed by atoms with Gasteiger partial charge in [-0.1, -0.05) is 19.1 Å². The molecule has 0 radical (unpaired) electrons. The topological polar surface area (TPSA) is 50.4 Å². The van der Waals surface area contributed by atoms with Gasteiger partial charge in [0.2, 0.25) is 0 Å². The number of ether oxygens (including phenoxy) is 1. The van der Waals surface area contributed by atoms with Crippen LogP contribution in [0.2, 0.25) is 0 Å². The Kier molecular flexibility index (Phi) is 6.79. The first-order valence-electron chi connectivity index (χ1n) is 7.15. The minimum Gasteiger partial charge on any atom is -0.484 e. The van der Waals surface area contributed by atoms with Gasteiger partial charge in [0, 0.05) is 9.26 Å². The summed E-state index contributed by atoms with van der Waals surface area (Å²) in [6.07, 6.45) is 0.971. The molecule has 0 saturated heterocycles. The lowest BCUT2D eigenvalue weighted by atomic mass is 10.2. The molecular formula is C17H17IN2O2S. The molecule has 2 aromatic rings. The number of rotatable bonds is 5. The predicted molar refractivity (Wildman–Crippen MR) is 105 cm³/mol.